The van der Waals surface area contributed by atoms with E-state index >= 15 is 0 Å². The zero-order valence-corrected chi connectivity index (χ0v) is 12.1. The van der Waals surface area contributed by atoms with Crippen LogP contribution < -0.4 is 0 Å². The molecule has 2 N–H and O–H groups in total. The van der Waals surface area contributed by atoms with Gasteiger partial charge in [0.2, 0.25) is 0 Å². The third kappa shape index (κ3) is 5.01. The average molecular weight is 268 g/mol. The lowest BCUT2D eigenvalue weighted by atomic mass is 9.91. The van der Waals surface area contributed by atoms with E-state index in [0.29, 0.717) is 12.3 Å². The highest BCUT2D eigenvalue weighted by Gasteiger charge is 2.14. The maximum atomic E-state index is 9.54. The molecule has 102 valence electrons. The Morgan fingerprint density at radius 2 is 1.83 bits per heavy atom. The molecule has 0 amide bonds. The summed E-state index contributed by atoms with van der Waals surface area (Å²) in [4.78, 5) is 1.30. The first-order valence-corrected chi connectivity index (χ1v) is 7.71. The van der Waals surface area contributed by atoms with Crippen LogP contribution in [0, 0.1) is 0 Å². The first kappa shape index (κ1) is 15.5. The summed E-state index contributed by atoms with van der Waals surface area (Å²) in [5.74, 6) is 1.48. The molecule has 0 aromatic heterocycles. The van der Waals surface area contributed by atoms with Crippen LogP contribution in [0.25, 0.3) is 0 Å². The molecule has 3 heteroatoms. The van der Waals surface area contributed by atoms with Gasteiger partial charge in [-0.05, 0) is 48.6 Å². The fourth-order valence-electron chi connectivity index (χ4n) is 2.00. The molecule has 0 aliphatic rings. The lowest BCUT2D eigenvalue weighted by Gasteiger charge is -2.18. The molecule has 0 spiro atoms. The van der Waals surface area contributed by atoms with Crippen LogP contribution in [-0.2, 0) is 0 Å². The van der Waals surface area contributed by atoms with Crippen molar-refractivity contribution in [1.29, 1.82) is 0 Å². The number of thioether (sulfide) groups is 1. The molecule has 1 aromatic rings. The quantitative estimate of drug-likeness (QED) is 0.710. The van der Waals surface area contributed by atoms with E-state index in [1.54, 1.807) is 0 Å². The summed E-state index contributed by atoms with van der Waals surface area (Å²) in [6.45, 7) is 4.15. The standard InChI is InChI=1S/C15H24O2S/c1-3-9-18-15-7-5-13(6-8-15)12(4-2)10-14(17)11-16/h5-8,12,14,16-17H,3-4,9-11H2,1-2H3. The minimum atomic E-state index is -0.607. The van der Waals surface area contributed by atoms with Gasteiger partial charge in [0.15, 0.2) is 0 Å². The van der Waals surface area contributed by atoms with Gasteiger partial charge < -0.3 is 10.2 Å². The Labute approximate surface area is 114 Å². The predicted octanol–water partition coefficient (Wildman–Crippen LogP) is 3.43. The zero-order valence-electron chi connectivity index (χ0n) is 11.3. The number of aliphatic hydroxyl groups is 2. The topological polar surface area (TPSA) is 40.5 Å². The predicted molar refractivity (Wildman–Crippen MR) is 78.2 cm³/mol. The van der Waals surface area contributed by atoms with Gasteiger partial charge in [-0.2, -0.15) is 0 Å². The van der Waals surface area contributed by atoms with Gasteiger partial charge in [-0.25, -0.2) is 0 Å². The number of hydrogen-bond acceptors (Lipinski definition) is 3. The van der Waals surface area contributed by atoms with Gasteiger partial charge >= 0.3 is 0 Å². The Hall–Kier alpha value is -0.510. The van der Waals surface area contributed by atoms with E-state index in [1.807, 2.05) is 11.8 Å². The minimum absolute atomic E-state index is 0.152. The van der Waals surface area contributed by atoms with Crippen molar-refractivity contribution in [3.63, 3.8) is 0 Å². The average Bonchev–Trinajstić information content (AvgIpc) is 2.42. The van der Waals surface area contributed by atoms with Gasteiger partial charge in [-0.1, -0.05) is 26.0 Å². The van der Waals surface area contributed by atoms with Crippen molar-refractivity contribution in [3.05, 3.63) is 29.8 Å². The molecule has 0 fully saturated rings. The fraction of sp³-hybridized carbons (Fsp3) is 0.600. The summed E-state index contributed by atoms with van der Waals surface area (Å²) >= 11 is 1.88. The largest absolute Gasteiger partial charge is 0.394 e. The fourth-order valence-corrected chi connectivity index (χ4v) is 2.77. The van der Waals surface area contributed by atoms with E-state index in [-0.39, 0.29) is 6.61 Å². The van der Waals surface area contributed by atoms with Gasteiger partial charge in [0, 0.05) is 4.90 Å². The second-order valence-corrected chi connectivity index (χ2v) is 5.76. The highest BCUT2D eigenvalue weighted by Crippen LogP contribution is 2.27. The lowest BCUT2D eigenvalue weighted by molar-refractivity contribution is 0.0817. The van der Waals surface area contributed by atoms with Gasteiger partial charge in [0.1, 0.15) is 0 Å². The molecule has 18 heavy (non-hydrogen) atoms. The van der Waals surface area contributed by atoms with Gasteiger partial charge in [-0.15, -0.1) is 11.8 Å². The second kappa shape index (κ2) is 8.57. The van der Waals surface area contributed by atoms with Crippen molar-refractivity contribution >= 4 is 11.8 Å². The molecule has 1 rings (SSSR count). The molecule has 2 atom stereocenters. The van der Waals surface area contributed by atoms with Crippen LogP contribution in [0.1, 0.15) is 44.6 Å². The van der Waals surface area contributed by atoms with Crippen molar-refractivity contribution in [1.82, 2.24) is 0 Å². The van der Waals surface area contributed by atoms with Crippen molar-refractivity contribution in [2.45, 2.75) is 50.0 Å². The van der Waals surface area contributed by atoms with Gasteiger partial charge in [0.25, 0.3) is 0 Å². The summed E-state index contributed by atoms with van der Waals surface area (Å²) < 4.78 is 0. The number of benzene rings is 1. The van der Waals surface area contributed by atoms with E-state index in [4.69, 9.17) is 5.11 Å². The molecule has 0 saturated carbocycles. The van der Waals surface area contributed by atoms with Crippen LogP contribution in [0.5, 0.6) is 0 Å². The van der Waals surface area contributed by atoms with E-state index in [9.17, 15) is 5.11 Å². The van der Waals surface area contributed by atoms with Crippen molar-refractivity contribution in [2.24, 2.45) is 0 Å². The van der Waals surface area contributed by atoms with Crippen LogP contribution in [0.4, 0.5) is 0 Å². The number of hydrogen-bond donors (Lipinski definition) is 2. The summed E-state index contributed by atoms with van der Waals surface area (Å²) in [6.07, 6.45) is 2.20. The Kier molecular flexibility index (Phi) is 7.40. The highest BCUT2D eigenvalue weighted by atomic mass is 32.2. The first-order valence-electron chi connectivity index (χ1n) is 6.72. The molecule has 0 heterocycles. The van der Waals surface area contributed by atoms with Crippen LogP contribution in [-0.4, -0.2) is 28.7 Å². The molecule has 0 aliphatic carbocycles. The first-order chi connectivity index (χ1) is 8.71. The lowest BCUT2D eigenvalue weighted by Crippen LogP contribution is -2.16. The van der Waals surface area contributed by atoms with Gasteiger partial charge in [0.05, 0.1) is 12.7 Å². The Morgan fingerprint density at radius 1 is 1.17 bits per heavy atom. The summed E-state index contributed by atoms with van der Waals surface area (Å²) in [5.41, 5.74) is 1.26. The Morgan fingerprint density at radius 3 is 2.33 bits per heavy atom. The van der Waals surface area contributed by atoms with Crippen molar-refractivity contribution < 1.29 is 10.2 Å². The summed E-state index contributed by atoms with van der Waals surface area (Å²) in [5, 5.41) is 18.5. The van der Waals surface area contributed by atoms with E-state index < -0.39 is 6.10 Å². The minimum Gasteiger partial charge on any atom is -0.394 e. The van der Waals surface area contributed by atoms with Gasteiger partial charge in [-0.3, -0.25) is 0 Å². The molecule has 0 bridgehead atoms. The Balaban J connectivity index is 2.63. The normalized spacial score (nSPS) is 14.4. The third-order valence-electron chi connectivity index (χ3n) is 3.08. The highest BCUT2D eigenvalue weighted by molar-refractivity contribution is 7.99. The maximum Gasteiger partial charge on any atom is 0.0776 e. The van der Waals surface area contributed by atoms with E-state index in [0.717, 1.165) is 12.2 Å². The summed E-state index contributed by atoms with van der Waals surface area (Å²) in [6, 6.07) is 8.61. The molecule has 2 unspecified atom stereocenters. The van der Waals surface area contributed by atoms with Crippen molar-refractivity contribution in [2.75, 3.05) is 12.4 Å². The van der Waals surface area contributed by atoms with Crippen LogP contribution in [0.3, 0.4) is 0 Å². The van der Waals surface area contributed by atoms with Crippen molar-refractivity contribution in [3.8, 4) is 0 Å². The molecule has 1 aromatic carbocycles. The third-order valence-corrected chi connectivity index (χ3v) is 4.30. The molecular formula is C15H24O2S. The maximum absolute atomic E-state index is 9.54. The Bertz CT molecular complexity index is 324. The van der Waals surface area contributed by atoms with E-state index in [2.05, 4.69) is 38.1 Å². The van der Waals surface area contributed by atoms with E-state index in [1.165, 1.54) is 16.9 Å². The number of aliphatic hydroxyl groups excluding tert-OH is 2. The number of rotatable bonds is 8. The smallest absolute Gasteiger partial charge is 0.0776 e. The second-order valence-electron chi connectivity index (χ2n) is 4.59. The summed E-state index contributed by atoms with van der Waals surface area (Å²) in [7, 11) is 0. The molecule has 0 saturated heterocycles. The molecule has 0 radical (unpaired) electrons. The van der Waals surface area contributed by atoms with Crippen LogP contribution in [0.15, 0.2) is 29.2 Å². The molecule has 2 nitrogen and oxygen atoms in total. The zero-order chi connectivity index (χ0) is 13.4. The molecule has 0 aliphatic heterocycles. The molecular weight excluding hydrogens is 244 g/mol. The monoisotopic (exact) mass is 268 g/mol. The van der Waals surface area contributed by atoms with Crippen LogP contribution in [0.2, 0.25) is 0 Å². The van der Waals surface area contributed by atoms with Crippen LogP contribution >= 0.6 is 11.8 Å². The SMILES string of the molecule is CCCSc1ccc(C(CC)CC(O)CO)cc1.